The largest absolute Gasteiger partial charge is 0.379 e. The van der Waals surface area contributed by atoms with E-state index in [1.807, 2.05) is 18.3 Å². The molecule has 1 aromatic carbocycles. The van der Waals surface area contributed by atoms with E-state index in [0.717, 1.165) is 38.2 Å². The summed E-state index contributed by atoms with van der Waals surface area (Å²) in [6, 6.07) is 6.20. The molecule has 0 bridgehead atoms. The average Bonchev–Trinajstić information content (AvgIpc) is 2.43. The minimum atomic E-state index is 0.587. The second-order valence-corrected chi connectivity index (χ2v) is 5.32. The molecule has 3 rings (SSSR count). The number of aryl methyl sites for hydroxylation is 1. The van der Waals surface area contributed by atoms with Gasteiger partial charge in [0.25, 0.3) is 0 Å². The molecule has 1 saturated heterocycles. The molecule has 1 fully saturated rings. The summed E-state index contributed by atoms with van der Waals surface area (Å²) in [5.41, 5.74) is 2.50. The molecule has 19 heavy (non-hydrogen) atoms. The van der Waals surface area contributed by atoms with Crippen LogP contribution in [0.15, 0.2) is 24.4 Å². The van der Waals surface area contributed by atoms with Crippen LogP contribution in [0.4, 0.5) is 0 Å². The molecule has 4 heteroatoms. The highest BCUT2D eigenvalue weighted by Gasteiger charge is 2.14. The van der Waals surface area contributed by atoms with Crippen molar-refractivity contribution in [1.82, 2.24) is 9.88 Å². The Hall–Kier alpha value is -1.16. The first-order chi connectivity index (χ1) is 9.25. The SMILES string of the molecule is Cc1cccc2c(Cl)ncc(CN3CCOCC3)c12. The average molecular weight is 277 g/mol. The van der Waals surface area contributed by atoms with E-state index in [0.29, 0.717) is 5.15 Å². The van der Waals surface area contributed by atoms with Gasteiger partial charge in [-0.15, -0.1) is 0 Å². The summed E-state index contributed by atoms with van der Waals surface area (Å²) in [4.78, 5) is 6.72. The highest BCUT2D eigenvalue weighted by atomic mass is 35.5. The maximum atomic E-state index is 6.20. The van der Waals surface area contributed by atoms with Crippen LogP contribution >= 0.6 is 11.6 Å². The van der Waals surface area contributed by atoms with E-state index in [-0.39, 0.29) is 0 Å². The maximum Gasteiger partial charge on any atom is 0.136 e. The summed E-state index contributed by atoms with van der Waals surface area (Å²) in [6.07, 6.45) is 1.91. The lowest BCUT2D eigenvalue weighted by molar-refractivity contribution is 0.0343. The Morgan fingerprint density at radius 2 is 2.11 bits per heavy atom. The zero-order valence-electron chi connectivity index (χ0n) is 11.0. The van der Waals surface area contributed by atoms with Crippen LogP contribution < -0.4 is 0 Å². The summed E-state index contributed by atoms with van der Waals surface area (Å²) < 4.78 is 5.39. The molecule has 2 aromatic rings. The van der Waals surface area contributed by atoms with Crippen molar-refractivity contribution in [3.63, 3.8) is 0 Å². The third-order valence-electron chi connectivity index (χ3n) is 3.65. The van der Waals surface area contributed by atoms with Gasteiger partial charge in [-0.2, -0.15) is 0 Å². The standard InChI is InChI=1S/C15H17ClN2O/c1-11-3-2-4-13-14(11)12(9-17-15(13)16)10-18-5-7-19-8-6-18/h2-4,9H,5-8,10H2,1H3. The second-order valence-electron chi connectivity index (χ2n) is 4.96. The molecule has 0 N–H and O–H groups in total. The second kappa shape index (κ2) is 5.45. The van der Waals surface area contributed by atoms with E-state index < -0.39 is 0 Å². The molecular formula is C15H17ClN2O. The van der Waals surface area contributed by atoms with Gasteiger partial charge in [0.2, 0.25) is 0 Å². The molecular weight excluding hydrogens is 260 g/mol. The normalized spacial score (nSPS) is 16.9. The van der Waals surface area contributed by atoms with E-state index in [4.69, 9.17) is 16.3 Å². The van der Waals surface area contributed by atoms with Gasteiger partial charge in [0, 0.05) is 31.2 Å². The van der Waals surface area contributed by atoms with Crippen molar-refractivity contribution in [2.24, 2.45) is 0 Å². The lowest BCUT2D eigenvalue weighted by atomic mass is 10.0. The lowest BCUT2D eigenvalue weighted by Crippen LogP contribution is -2.35. The number of hydrogen-bond acceptors (Lipinski definition) is 3. The molecule has 1 aliphatic heterocycles. The van der Waals surface area contributed by atoms with Gasteiger partial charge in [0.05, 0.1) is 13.2 Å². The van der Waals surface area contributed by atoms with Crippen LogP contribution in [0.1, 0.15) is 11.1 Å². The molecule has 100 valence electrons. The Morgan fingerprint density at radius 1 is 1.32 bits per heavy atom. The van der Waals surface area contributed by atoms with Gasteiger partial charge in [0.1, 0.15) is 5.15 Å². The lowest BCUT2D eigenvalue weighted by Gasteiger charge is -2.27. The molecule has 1 aliphatic rings. The quantitative estimate of drug-likeness (QED) is 0.789. The zero-order chi connectivity index (χ0) is 13.2. The van der Waals surface area contributed by atoms with Crippen molar-refractivity contribution < 1.29 is 4.74 Å². The Kier molecular flexibility index (Phi) is 3.69. The molecule has 0 saturated carbocycles. The van der Waals surface area contributed by atoms with Crippen molar-refractivity contribution in [1.29, 1.82) is 0 Å². The van der Waals surface area contributed by atoms with E-state index in [2.05, 4.69) is 22.9 Å². The number of nitrogens with zero attached hydrogens (tertiary/aromatic N) is 2. The van der Waals surface area contributed by atoms with Gasteiger partial charge in [-0.3, -0.25) is 4.90 Å². The first-order valence-corrected chi connectivity index (χ1v) is 6.96. The Balaban J connectivity index is 2.01. The topological polar surface area (TPSA) is 25.4 Å². The number of halogens is 1. The Morgan fingerprint density at radius 3 is 2.89 bits per heavy atom. The monoisotopic (exact) mass is 276 g/mol. The van der Waals surface area contributed by atoms with Crippen LogP contribution in [-0.2, 0) is 11.3 Å². The summed E-state index contributed by atoms with van der Waals surface area (Å²) in [5, 5.41) is 2.88. The number of morpholine rings is 1. The molecule has 1 aromatic heterocycles. The minimum absolute atomic E-state index is 0.587. The highest BCUT2D eigenvalue weighted by Crippen LogP contribution is 2.28. The van der Waals surface area contributed by atoms with E-state index in [1.165, 1.54) is 16.5 Å². The molecule has 3 nitrogen and oxygen atoms in total. The first-order valence-electron chi connectivity index (χ1n) is 6.58. The maximum absolute atomic E-state index is 6.20. The van der Waals surface area contributed by atoms with Gasteiger partial charge < -0.3 is 4.74 Å². The van der Waals surface area contributed by atoms with Gasteiger partial charge in [-0.1, -0.05) is 29.8 Å². The fourth-order valence-corrected chi connectivity index (χ4v) is 2.86. The fourth-order valence-electron chi connectivity index (χ4n) is 2.65. The summed E-state index contributed by atoms with van der Waals surface area (Å²) in [5.74, 6) is 0. The van der Waals surface area contributed by atoms with Gasteiger partial charge in [-0.05, 0) is 23.4 Å². The van der Waals surface area contributed by atoms with Crippen LogP contribution in [0.5, 0.6) is 0 Å². The number of hydrogen-bond donors (Lipinski definition) is 0. The number of ether oxygens (including phenoxy) is 1. The molecule has 0 atom stereocenters. The Labute approximate surface area is 118 Å². The molecule has 0 unspecified atom stereocenters. The number of pyridine rings is 1. The number of aromatic nitrogens is 1. The minimum Gasteiger partial charge on any atom is -0.379 e. The van der Waals surface area contributed by atoms with Crippen LogP contribution in [0, 0.1) is 6.92 Å². The predicted octanol–water partition coefficient (Wildman–Crippen LogP) is 3.03. The van der Waals surface area contributed by atoms with Crippen molar-refractivity contribution in [2.45, 2.75) is 13.5 Å². The van der Waals surface area contributed by atoms with Gasteiger partial charge >= 0.3 is 0 Å². The third-order valence-corrected chi connectivity index (χ3v) is 3.95. The summed E-state index contributed by atoms with van der Waals surface area (Å²) in [7, 11) is 0. The summed E-state index contributed by atoms with van der Waals surface area (Å²) >= 11 is 6.20. The van der Waals surface area contributed by atoms with E-state index in [9.17, 15) is 0 Å². The van der Waals surface area contributed by atoms with Crippen LogP contribution in [0.2, 0.25) is 5.15 Å². The molecule has 2 heterocycles. The zero-order valence-corrected chi connectivity index (χ0v) is 11.8. The Bertz CT molecular complexity index is 594. The molecule has 0 amide bonds. The van der Waals surface area contributed by atoms with Gasteiger partial charge in [0.15, 0.2) is 0 Å². The van der Waals surface area contributed by atoms with Crippen LogP contribution in [0.3, 0.4) is 0 Å². The summed E-state index contributed by atoms with van der Waals surface area (Å²) in [6.45, 7) is 6.64. The van der Waals surface area contributed by atoms with E-state index in [1.54, 1.807) is 0 Å². The van der Waals surface area contributed by atoms with Crippen molar-refractivity contribution in [3.8, 4) is 0 Å². The number of benzene rings is 1. The predicted molar refractivity (Wildman–Crippen MR) is 77.6 cm³/mol. The molecule has 0 aliphatic carbocycles. The molecule has 0 spiro atoms. The van der Waals surface area contributed by atoms with Gasteiger partial charge in [-0.25, -0.2) is 4.98 Å². The van der Waals surface area contributed by atoms with E-state index >= 15 is 0 Å². The van der Waals surface area contributed by atoms with Crippen LogP contribution in [0.25, 0.3) is 10.8 Å². The first kappa shape index (κ1) is 12.9. The number of fused-ring (bicyclic) bond motifs is 1. The van der Waals surface area contributed by atoms with Crippen molar-refractivity contribution >= 4 is 22.4 Å². The third kappa shape index (κ3) is 2.59. The number of rotatable bonds is 2. The molecule has 0 radical (unpaired) electrons. The fraction of sp³-hybridized carbons (Fsp3) is 0.400. The van der Waals surface area contributed by atoms with Crippen molar-refractivity contribution in [2.75, 3.05) is 26.3 Å². The van der Waals surface area contributed by atoms with Crippen molar-refractivity contribution in [3.05, 3.63) is 40.7 Å². The highest BCUT2D eigenvalue weighted by molar-refractivity contribution is 6.34. The smallest absolute Gasteiger partial charge is 0.136 e. The van der Waals surface area contributed by atoms with Crippen LogP contribution in [-0.4, -0.2) is 36.2 Å².